The Bertz CT molecular complexity index is 864. The smallest absolute Gasteiger partial charge is 0.243 e. The van der Waals surface area contributed by atoms with Gasteiger partial charge in [-0.05, 0) is 13.0 Å². The number of likely N-dealkylation sites (N-methyl/N-ethyl adjacent to an activating group) is 1. The predicted octanol–water partition coefficient (Wildman–Crippen LogP) is 2.70. The van der Waals surface area contributed by atoms with Gasteiger partial charge < -0.3 is 20.3 Å². The Hall–Kier alpha value is -2.61. The Morgan fingerprint density at radius 1 is 1.41 bits per heavy atom. The molecule has 0 aliphatic carbocycles. The van der Waals surface area contributed by atoms with Crippen LogP contribution in [0.2, 0.25) is 0 Å². The van der Waals surface area contributed by atoms with E-state index in [1.165, 1.54) is 4.88 Å². The molecule has 1 aliphatic heterocycles. The Morgan fingerprint density at radius 3 is 2.93 bits per heavy atom. The fourth-order valence-electron chi connectivity index (χ4n) is 3.03. The van der Waals surface area contributed by atoms with Gasteiger partial charge in [-0.1, -0.05) is 25.1 Å². The molecular formula is C21H29N5O2S. The topological polar surface area (TPSA) is 78.9 Å². The zero-order chi connectivity index (χ0) is 20.8. The van der Waals surface area contributed by atoms with Crippen molar-refractivity contribution in [3.05, 3.63) is 45.9 Å². The summed E-state index contributed by atoms with van der Waals surface area (Å²) in [5.41, 5.74) is 1.11. The van der Waals surface area contributed by atoms with Gasteiger partial charge >= 0.3 is 0 Å². The molecule has 0 fully saturated rings. The molecule has 2 aromatic rings. The van der Waals surface area contributed by atoms with Crippen molar-refractivity contribution in [2.75, 3.05) is 33.8 Å². The van der Waals surface area contributed by atoms with E-state index in [-0.39, 0.29) is 24.4 Å². The zero-order valence-electron chi connectivity index (χ0n) is 17.4. The number of carbonyl (C=O) groups is 1. The van der Waals surface area contributed by atoms with Crippen LogP contribution in [0.25, 0.3) is 0 Å². The van der Waals surface area contributed by atoms with E-state index in [0.29, 0.717) is 19.1 Å². The summed E-state index contributed by atoms with van der Waals surface area (Å²) in [7, 11) is 3.47. The third kappa shape index (κ3) is 5.69. The third-order valence-electron chi connectivity index (χ3n) is 4.78. The highest BCUT2D eigenvalue weighted by Gasteiger charge is 2.22. The van der Waals surface area contributed by atoms with Gasteiger partial charge in [0.05, 0.1) is 17.7 Å². The predicted molar refractivity (Wildman–Crippen MR) is 117 cm³/mol. The average molecular weight is 416 g/mol. The van der Waals surface area contributed by atoms with Crippen LogP contribution >= 0.6 is 11.3 Å². The minimum Gasteiger partial charge on any atom is -0.493 e. The third-order valence-corrected chi connectivity index (χ3v) is 5.92. The molecule has 1 aromatic heterocycles. The molecular weight excluding hydrogens is 386 g/mol. The molecule has 0 bridgehead atoms. The first-order valence-corrected chi connectivity index (χ1v) is 10.6. The van der Waals surface area contributed by atoms with Gasteiger partial charge in [0.15, 0.2) is 5.96 Å². The quantitative estimate of drug-likeness (QED) is 0.560. The zero-order valence-corrected chi connectivity index (χ0v) is 18.3. The summed E-state index contributed by atoms with van der Waals surface area (Å²) in [6, 6.07) is 8.11. The molecule has 1 aromatic carbocycles. The van der Waals surface area contributed by atoms with Crippen molar-refractivity contribution < 1.29 is 9.53 Å². The van der Waals surface area contributed by atoms with E-state index in [0.717, 1.165) is 22.7 Å². The number of aryl methyl sites for hydroxylation is 1. The van der Waals surface area contributed by atoms with Crippen LogP contribution in [-0.4, -0.2) is 55.5 Å². The Kier molecular flexibility index (Phi) is 7.09. The number of carbonyl (C=O) groups excluding carboxylic acids is 1. The molecule has 0 saturated carbocycles. The molecule has 0 spiro atoms. The second-order valence-corrected chi connectivity index (χ2v) is 8.68. The van der Waals surface area contributed by atoms with Crippen LogP contribution < -0.4 is 15.4 Å². The van der Waals surface area contributed by atoms with Crippen LogP contribution in [0.3, 0.4) is 0 Å². The second kappa shape index (κ2) is 9.73. The summed E-state index contributed by atoms with van der Waals surface area (Å²) in [5.74, 6) is 1.72. The fourth-order valence-corrected chi connectivity index (χ4v) is 3.86. The van der Waals surface area contributed by atoms with Crippen molar-refractivity contribution in [2.45, 2.75) is 32.2 Å². The molecule has 1 amide bonds. The maximum atomic E-state index is 12.0. The first kappa shape index (κ1) is 21.1. The summed E-state index contributed by atoms with van der Waals surface area (Å²) in [6.07, 6.45) is 2.74. The maximum Gasteiger partial charge on any atom is 0.243 e. The molecule has 2 N–H and O–H groups in total. The van der Waals surface area contributed by atoms with Gasteiger partial charge in [-0.2, -0.15) is 0 Å². The van der Waals surface area contributed by atoms with Crippen molar-refractivity contribution in [2.24, 2.45) is 4.99 Å². The van der Waals surface area contributed by atoms with E-state index in [1.54, 1.807) is 30.3 Å². The number of hydrogen-bond donors (Lipinski definition) is 2. The van der Waals surface area contributed by atoms with Gasteiger partial charge in [0.25, 0.3) is 0 Å². The lowest BCUT2D eigenvalue weighted by atomic mass is 10.0. The fraction of sp³-hybridized carbons (Fsp3) is 0.476. The van der Waals surface area contributed by atoms with Crippen molar-refractivity contribution in [1.29, 1.82) is 0 Å². The number of nitrogens with one attached hydrogen (secondary N) is 2. The molecule has 3 rings (SSSR count). The number of fused-ring (bicyclic) bond motifs is 1. The molecule has 8 heteroatoms. The Balaban J connectivity index is 1.71. The molecule has 1 aliphatic rings. The average Bonchev–Trinajstić information content (AvgIpc) is 3.16. The number of benzene rings is 1. The van der Waals surface area contributed by atoms with E-state index in [2.05, 4.69) is 40.5 Å². The lowest BCUT2D eigenvalue weighted by Gasteiger charge is -2.28. The molecule has 2 unspecified atom stereocenters. The number of aromatic nitrogens is 1. The number of ether oxygens (including phenoxy) is 1. The monoisotopic (exact) mass is 415 g/mol. The number of amides is 1. The first-order chi connectivity index (χ1) is 13.9. The van der Waals surface area contributed by atoms with Gasteiger partial charge in [0.1, 0.15) is 12.3 Å². The van der Waals surface area contributed by atoms with E-state index in [1.807, 2.05) is 24.4 Å². The van der Waals surface area contributed by atoms with Gasteiger partial charge in [-0.15, -0.1) is 11.3 Å². The molecule has 0 saturated heterocycles. The number of nitrogens with zero attached hydrogens (tertiary/aromatic N) is 3. The van der Waals surface area contributed by atoms with E-state index < -0.39 is 0 Å². The summed E-state index contributed by atoms with van der Waals surface area (Å²) in [6.45, 7) is 5.62. The van der Waals surface area contributed by atoms with Crippen LogP contribution in [-0.2, 0) is 4.79 Å². The molecule has 156 valence electrons. The summed E-state index contributed by atoms with van der Waals surface area (Å²) >= 11 is 1.71. The highest BCUT2D eigenvalue weighted by Crippen LogP contribution is 2.31. The number of guanidine groups is 1. The first-order valence-electron chi connectivity index (χ1n) is 9.83. The lowest BCUT2D eigenvalue weighted by Crippen LogP contribution is -2.43. The normalized spacial score (nSPS) is 17.1. The molecule has 2 atom stereocenters. The van der Waals surface area contributed by atoms with Crippen LogP contribution in [0, 0.1) is 6.92 Å². The van der Waals surface area contributed by atoms with Gasteiger partial charge in [-0.25, -0.2) is 9.98 Å². The van der Waals surface area contributed by atoms with Crippen LogP contribution in [0.4, 0.5) is 0 Å². The lowest BCUT2D eigenvalue weighted by molar-refractivity contribution is -0.127. The standard InChI is InChI=1S/C21H29N5O2S/c1-14(20-22-12-15(2)29-20)11-23-21(24-13-19(27)26(3)4)25-17-9-10-28-18-8-6-5-7-16(17)18/h5-8,12,14,17H,9-11,13H2,1-4H3,(H2,23,24,25). The molecule has 7 nitrogen and oxygen atoms in total. The van der Waals surface area contributed by atoms with E-state index in [9.17, 15) is 4.79 Å². The number of rotatable bonds is 6. The largest absolute Gasteiger partial charge is 0.493 e. The van der Waals surface area contributed by atoms with Crippen molar-refractivity contribution in [1.82, 2.24) is 20.5 Å². The van der Waals surface area contributed by atoms with Gasteiger partial charge in [0, 0.05) is 49.6 Å². The number of hydrogen-bond acceptors (Lipinski definition) is 5. The van der Waals surface area contributed by atoms with E-state index >= 15 is 0 Å². The SMILES string of the molecule is Cc1cnc(C(C)CNC(=NCC(=O)N(C)C)NC2CCOc3ccccc32)s1. The summed E-state index contributed by atoms with van der Waals surface area (Å²) in [5, 5.41) is 7.98. The van der Waals surface area contributed by atoms with Crippen LogP contribution in [0.5, 0.6) is 5.75 Å². The molecule has 2 heterocycles. The van der Waals surface area contributed by atoms with Gasteiger partial charge in [-0.3, -0.25) is 4.79 Å². The highest BCUT2D eigenvalue weighted by atomic mass is 32.1. The summed E-state index contributed by atoms with van der Waals surface area (Å²) < 4.78 is 5.76. The van der Waals surface area contributed by atoms with Crippen LogP contribution in [0.15, 0.2) is 35.5 Å². The minimum absolute atomic E-state index is 0.0397. The van der Waals surface area contributed by atoms with Crippen molar-refractivity contribution in [3.8, 4) is 5.75 Å². The van der Waals surface area contributed by atoms with E-state index in [4.69, 9.17) is 4.74 Å². The number of para-hydroxylation sites is 1. The second-order valence-electron chi connectivity index (χ2n) is 7.42. The van der Waals surface area contributed by atoms with Crippen molar-refractivity contribution >= 4 is 23.2 Å². The Labute approximate surface area is 176 Å². The summed E-state index contributed by atoms with van der Waals surface area (Å²) in [4.78, 5) is 23.8. The highest BCUT2D eigenvalue weighted by molar-refractivity contribution is 7.11. The Morgan fingerprint density at radius 2 is 2.21 bits per heavy atom. The van der Waals surface area contributed by atoms with Crippen molar-refractivity contribution in [3.63, 3.8) is 0 Å². The number of thiazole rings is 1. The maximum absolute atomic E-state index is 12.0. The molecule has 0 radical (unpaired) electrons. The van der Waals surface area contributed by atoms with Crippen LogP contribution in [0.1, 0.15) is 40.8 Å². The molecule has 29 heavy (non-hydrogen) atoms. The minimum atomic E-state index is -0.0397. The van der Waals surface area contributed by atoms with Gasteiger partial charge in [0.2, 0.25) is 5.91 Å². The number of aliphatic imine (C=N–C) groups is 1.